The lowest BCUT2D eigenvalue weighted by molar-refractivity contribution is -0.143. The smallest absolute Gasteiger partial charge is 0.326 e. The molecule has 1 rings (SSSR count). The molecule has 1 aromatic rings. The van der Waals surface area contributed by atoms with Crippen molar-refractivity contribution in [2.45, 2.75) is 56.6 Å². The molecule has 0 bridgehead atoms. The largest absolute Gasteiger partial charge is 0.480 e. The second-order valence-corrected chi connectivity index (χ2v) is 6.91. The number of aromatic nitrogens is 2. The van der Waals surface area contributed by atoms with Crippen LogP contribution in [0.2, 0.25) is 0 Å². The first-order valence-electron chi connectivity index (χ1n) is 9.32. The molecule has 1 heterocycles. The number of imidazole rings is 1. The van der Waals surface area contributed by atoms with Crippen LogP contribution in [0.5, 0.6) is 0 Å². The Hall–Kier alpha value is -3.07. The molecule has 14 nitrogen and oxygen atoms in total. The first-order valence-corrected chi connectivity index (χ1v) is 9.32. The van der Waals surface area contributed by atoms with Crippen LogP contribution in [0.1, 0.15) is 19.5 Å². The maximum absolute atomic E-state index is 12.6. The number of hydrogen-bond donors (Lipinski definition) is 9. The number of carbonyl (C=O) groups excluding carboxylic acids is 3. The van der Waals surface area contributed by atoms with E-state index >= 15 is 0 Å². The number of aliphatic carboxylic acids is 1. The van der Waals surface area contributed by atoms with Crippen molar-refractivity contribution in [1.29, 1.82) is 0 Å². The van der Waals surface area contributed by atoms with Crippen molar-refractivity contribution in [3.63, 3.8) is 0 Å². The number of carbonyl (C=O) groups is 4. The Balaban J connectivity index is 2.90. The molecule has 10 N–H and O–H groups in total. The zero-order chi connectivity index (χ0) is 23.7. The number of nitrogens with one attached hydrogen (secondary N) is 4. The van der Waals surface area contributed by atoms with E-state index in [1.165, 1.54) is 26.4 Å². The summed E-state index contributed by atoms with van der Waals surface area (Å²) in [5, 5.41) is 44.5. The zero-order valence-corrected chi connectivity index (χ0v) is 17.0. The van der Waals surface area contributed by atoms with Crippen molar-refractivity contribution < 1.29 is 39.6 Å². The zero-order valence-electron chi connectivity index (χ0n) is 17.0. The molecule has 0 aliphatic rings. The highest BCUT2D eigenvalue weighted by Gasteiger charge is 2.34. The van der Waals surface area contributed by atoms with Gasteiger partial charge >= 0.3 is 5.97 Å². The maximum atomic E-state index is 12.6. The highest BCUT2D eigenvalue weighted by molar-refractivity contribution is 5.94. The average molecular weight is 444 g/mol. The molecule has 174 valence electrons. The minimum atomic E-state index is -1.60. The summed E-state index contributed by atoms with van der Waals surface area (Å²) in [4.78, 5) is 54.9. The first-order chi connectivity index (χ1) is 14.5. The van der Waals surface area contributed by atoms with Crippen molar-refractivity contribution in [3.8, 4) is 0 Å². The Morgan fingerprint density at radius 2 is 1.55 bits per heavy atom. The molecule has 3 amide bonds. The number of H-pyrrole nitrogens is 1. The Labute approximate surface area is 177 Å². The van der Waals surface area contributed by atoms with E-state index in [0.717, 1.165) is 0 Å². The van der Waals surface area contributed by atoms with Gasteiger partial charge in [-0.1, -0.05) is 0 Å². The van der Waals surface area contributed by atoms with Gasteiger partial charge in [0.1, 0.15) is 24.2 Å². The number of nitrogens with zero attached hydrogens (tertiary/aromatic N) is 1. The summed E-state index contributed by atoms with van der Waals surface area (Å²) in [6, 6.07) is -5.90. The molecule has 0 radical (unpaired) electrons. The van der Waals surface area contributed by atoms with Gasteiger partial charge in [0.25, 0.3) is 0 Å². The molecule has 0 spiro atoms. The molecule has 6 atom stereocenters. The molecule has 0 aliphatic heterocycles. The molecule has 0 aliphatic carbocycles. The Morgan fingerprint density at radius 1 is 1.03 bits per heavy atom. The number of amides is 3. The van der Waals surface area contributed by atoms with E-state index in [4.69, 9.17) is 10.8 Å². The van der Waals surface area contributed by atoms with Gasteiger partial charge in [-0.15, -0.1) is 0 Å². The van der Waals surface area contributed by atoms with Crippen LogP contribution < -0.4 is 21.7 Å². The van der Waals surface area contributed by atoms with E-state index in [0.29, 0.717) is 5.69 Å². The molecule has 14 heteroatoms. The molecule has 0 fully saturated rings. The third-order valence-corrected chi connectivity index (χ3v) is 4.24. The molecule has 0 aromatic carbocycles. The number of aliphatic hydroxyl groups is 3. The molecule has 0 saturated heterocycles. The van der Waals surface area contributed by atoms with Gasteiger partial charge in [0.05, 0.1) is 30.8 Å². The van der Waals surface area contributed by atoms with Gasteiger partial charge in [0, 0.05) is 12.6 Å². The predicted octanol–water partition coefficient (Wildman–Crippen LogP) is -4.43. The fourth-order valence-corrected chi connectivity index (χ4v) is 2.47. The number of carboxylic acid groups (broad SMARTS) is 1. The van der Waals surface area contributed by atoms with Crippen LogP contribution in [-0.4, -0.2) is 97.1 Å². The topological polar surface area (TPSA) is 240 Å². The molecular formula is C17H28N6O8. The van der Waals surface area contributed by atoms with Gasteiger partial charge in [-0.05, 0) is 13.8 Å². The standard InChI is InChI=1S/C17H28N6O8/c1-7(25)12(15(28)21-11(17(30)31)3-9-4-19-6-20-9)23-16(29)13(8(2)26)22-14(27)10(18)5-24/h4,6-8,10-13,24-26H,3,5,18H2,1-2H3,(H,19,20)(H,21,28)(H,22,27)(H,23,29)(H,30,31)/t7-,8-,10+,11+,12+,13+/m1/s1. The summed E-state index contributed by atoms with van der Waals surface area (Å²) < 4.78 is 0. The van der Waals surface area contributed by atoms with E-state index in [-0.39, 0.29) is 6.42 Å². The summed E-state index contributed by atoms with van der Waals surface area (Å²) >= 11 is 0. The highest BCUT2D eigenvalue weighted by Crippen LogP contribution is 2.03. The van der Waals surface area contributed by atoms with Gasteiger partial charge < -0.3 is 47.1 Å². The lowest BCUT2D eigenvalue weighted by atomic mass is 10.1. The third kappa shape index (κ3) is 7.93. The van der Waals surface area contributed by atoms with E-state index in [1.54, 1.807) is 0 Å². The number of carboxylic acids is 1. The van der Waals surface area contributed by atoms with Crippen LogP contribution in [0.3, 0.4) is 0 Å². The van der Waals surface area contributed by atoms with E-state index < -0.39 is 66.7 Å². The fraction of sp³-hybridized carbons (Fsp3) is 0.588. The highest BCUT2D eigenvalue weighted by atomic mass is 16.4. The normalized spacial score (nSPS) is 16.8. The number of rotatable bonds is 12. The van der Waals surface area contributed by atoms with E-state index in [9.17, 15) is 34.5 Å². The molecule has 31 heavy (non-hydrogen) atoms. The van der Waals surface area contributed by atoms with Crippen molar-refractivity contribution in [2.75, 3.05) is 6.61 Å². The number of nitrogens with two attached hydrogens (primary N) is 1. The van der Waals surface area contributed by atoms with Crippen molar-refractivity contribution in [2.24, 2.45) is 5.73 Å². The minimum Gasteiger partial charge on any atom is -0.480 e. The molecule has 1 aromatic heterocycles. The van der Waals surface area contributed by atoms with Crippen molar-refractivity contribution >= 4 is 23.7 Å². The quantitative estimate of drug-likeness (QED) is 0.150. The van der Waals surface area contributed by atoms with Gasteiger partial charge in [-0.2, -0.15) is 0 Å². The van der Waals surface area contributed by atoms with Crippen LogP contribution in [0.4, 0.5) is 0 Å². The number of hydrogen-bond acceptors (Lipinski definition) is 9. The summed E-state index contributed by atoms with van der Waals surface area (Å²) in [7, 11) is 0. The van der Waals surface area contributed by atoms with Crippen LogP contribution in [0.15, 0.2) is 12.5 Å². The van der Waals surface area contributed by atoms with Crippen molar-refractivity contribution in [1.82, 2.24) is 25.9 Å². The summed E-state index contributed by atoms with van der Waals surface area (Å²) in [6.45, 7) is 1.67. The average Bonchev–Trinajstić information content (AvgIpc) is 3.20. The summed E-state index contributed by atoms with van der Waals surface area (Å²) in [5.74, 6) is -4.33. The van der Waals surface area contributed by atoms with Gasteiger partial charge in [0.15, 0.2) is 0 Å². The lowest BCUT2D eigenvalue weighted by Crippen LogP contribution is -2.62. The van der Waals surface area contributed by atoms with Crippen LogP contribution >= 0.6 is 0 Å². The monoisotopic (exact) mass is 444 g/mol. The maximum Gasteiger partial charge on any atom is 0.326 e. The molecule has 0 saturated carbocycles. The Bertz CT molecular complexity index is 754. The fourth-order valence-electron chi connectivity index (χ4n) is 2.47. The van der Waals surface area contributed by atoms with E-state index in [1.807, 2.05) is 0 Å². The van der Waals surface area contributed by atoms with Crippen LogP contribution in [0.25, 0.3) is 0 Å². The Morgan fingerprint density at radius 3 is 1.97 bits per heavy atom. The molecule has 0 unspecified atom stereocenters. The second kappa shape index (κ2) is 11.9. The van der Waals surface area contributed by atoms with Crippen LogP contribution in [0, 0.1) is 0 Å². The third-order valence-electron chi connectivity index (χ3n) is 4.24. The van der Waals surface area contributed by atoms with Crippen molar-refractivity contribution in [3.05, 3.63) is 18.2 Å². The van der Waals surface area contributed by atoms with Gasteiger partial charge in [-0.3, -0.25) is 14.4 Å². The van der Waals surface area contributed by atoms with Crippen LogP contribution in [-0.2, 0) is 25.6 Å². The number of aliphatic hydroxyl groups excluding tert-OH is 3. The minimum absolute atomic E-state index is 0.156. The lowest BCUT2D eigenvalue weighted by Gasteiger charge is -2.27. The first kappa shape index (κ1) is 26.0. The van der Waals surface area contributed by atoms with Gasteiger partial charge in [-0.25, -0.2) is 9.78 Å². The van der Waals surface area contributed by atoms with Gasteiger partial charge in [0.2, 0.25) is 17.7 Å². The Kier molecular flexibility index (Phi) is 10.0. The molecular weight excluding hydrogens is 416 g/mol. The predicted molar refractivity (Wildman–Crippen MR) is 104 cm³/mol. The summed E-state index contributed by atoms with van der Waals surface area (Å²) in [6.07, 6.45) is -0.241. The van der Waals surface area contributed by atoms with E-state index in [2.05, 4.69) is 25.9 Å². The number of aromatic amines is 1. The summed E-state index contributed by atoms with van der Waals surface area (Å²) in [5.41, 5.74) is 5.72. The SMILES string of the molecule is C[C@@H](O)[C@H](NC(=O)[C@@H](NC(=O)[C@@H](N)CO)[C@@H](C)O)C(=O)N[C@@H](Cc1c[nH]cn1)C(=O)O. The second-order valence-electron chi connectivity index (χ2n) is 6.91.